The zero-order valence-electron chi connectivity index (χ0n) is 11.8. The Kier molecular flexibility index (Phi) is 4.93. The number of carbonyl (C=O) groups is 4. The van der Waals surface area contributed by atoms with Gasteiger partial charge in [-0.15, -0.1) is 0 Å². The molecule has 2 N–H and O–H groups in total. The number of hydrogen-bond donors (Lipinski definition) is 2. The molecule has 0 aliphatic heterocycles. The van der Waals surface area contributed by atoms with E-state index in [-0.39, 0.29) is 18.2 Å². The first-order valence-corrected chi connectivity index (χ1v) is 7.31. The number of hydrogen-bond acceptors (Lipinski definition) is 4. The first kappa shape index (κ1) is 15.5. The summed E-state index contributed by atoms with van der Waals surface area (Å²) in [7, 11) is 0. The third-order valence-corrected chi connectivity index (χ3v) is 3.78. The van der Waals surface area contributed by atoms with Crippen molar-refractivity contribution in [1.82, 2.24) is 10.4 Å². The lowest BCUT2D eigenvalue weighted by Gasteiger charge is -2.27. The normalized spacial score (nSPS) is 18.7. The monoisotopic (exact) mass is 296 g/mol. The Labute approximate surface area is 122 Å². The molecular formula is C14H20N2O5. The van der Waals surface area contributed by atoms with Crippen molar-refractivity contribution < 1.29 is 24.3 Å². The number of nitrogens with one attached hydrogen (secondary N) is 1. The molecule has 0 aromatic carbocycles. The molecule has 21 heavy (non-hydrogen) atoms. The fraction of sp³-hybridized carbons (Fsp3) is 0.714. The average Bonchev–Trinajstić information content (AvgIpc) is 3.30. The van der Waals surface area contributed by atoms with Crippen LogP contribution < -0.4 is 5.43 Å². The summed E-state index contributed by atoms with van der Waals surface area (Å²) in [5, 5.41) is 9.74. The molecule has 0 aromatic heterocycles. The number of aliphatic carboxylic acids is 1. The van der Waals surface area contributed by atoms with Gasteiger partial charge in [0.1, 0.15) is 12.3 Å². The van der Waals surface area contributed by atoms with Gasteiger partial charge in [-0.25, -0.2) is 5.01 Å². The van der Waals surface area contributed by atoms with Crippen molar-refractivity contribution >= 4 is 24.1 Å². The summed E-state index contributed by atoms with van der Waals surface area (Å²) in [6.07, 6.45) is 4.57. The molecule has 2 aliphatic carbocycles. The summed E-state index contributed by atoms with van der Waals surface area (Å²) in [5.41, 5.74) is 2.43. The van der Waals surface area contributed by atoms with E-state index in [2.05, 4.69) is 5.43 Å². The van der Waals surface area contributed by atoms with E-state index >= 15 is 0 Å². The van der Waals surface area contributed by atoms with Gasteiger partial charge in [-0.2, -0.15) is 0 Å². The SMILES string of the molecule is O=C[C@H](CC(=O)O)N(NC(=O)C1CC1)C(=O)CCC1CC1. The maximum Gasteiger partial charge on any atom is 0.305 e. The number of hydrazine groups is 1. The van der Waals surface area contributed by atoms with Gasteiger partial charge in [0.15, 0.2) is 0 Å². The fourth-order valence-electron chi connectivity index (χ4n) is 2.12. The number of nitrogens with zero attached hydrogens (tertiary/aromatic N) is 1. The lowest BCUT2D eigenvalue weighted by molar-refractivity contribution is -0.150. The van der Waals surface area contributed by atoms with Crippen molar-refractivity contribution in [2.24, 2.45) is 11.8 Å². The highest BCUT2D eigenvalue weighted by molar-refractivity contribution is 5.87. The van der Waals surface area contributed by atoms with Crippen molar-refractivity contribution in [2.45, 2.75) is 51.0 Å². The van der Waals surface area contributed by atoms with E-state index in [1.807, 2.05) is 0 Å². The molecule has 1 atom stereocenters. The number of rotatable bonds is 8. The van der Waals surface area contributed by atoms with Crippen molar-refractivity contribution in [3.05, 3.63) is 0 Å². The predicted molar refractivity (Wildman–Crippen MR) is 71.8 cm³/mol. The summed E-state index contributed by atoms with van der Waals surface area (Å²) >= 11 is 0. The second-order valence-corrected chi connectivity index (χ2v) is 5.80. The van der Waals surface area contributed by atoms with Crippen molar-refractivity contribution in [2.75, 3.05) is 0 Å². The van der Waals surface area contributed by atoms with Gasteiger partial charge in [-0.3, -0.25) is 19.8 Å². The number of carboxylic acids is 1. The predicted octanol–water partition coefficient (Wildman–Crippen LogP) is 0.489. The molecule has 2 rings (SSSR count). The molecule has 0 radical (unpaired) electrons. The van der Waals surface area contributed by atoms with Crippen LogP contribution in [0.3, 0.4) is 0 Å². The summed E-state index contributed by atoms with van der Waals surface area (Å²) in [4.78, 5) is 45.9. The molecule has 2 fully saturated rings. The van der Waals surface area contributed by atoms with Crippen LogP contribution in [0.5, 0.6) is 0 Å². The van der Waals surface area contributed by atoms with Crippen LogP contribution >= 0.6 is 0 Å². The van der Waals surface area contributed by atoms with Gasteiger partial charge in [0.05, 0.1) is 6.42 Å². The Morgan fingerprint density at radius 2 is 1.90 bits per heavy atom. The molecule has 116 valence electrons. The number of amides is 2. The van der Waals surface area contributed by atoms with E-state index in [0.29, 0.717) is 18.6 Å². The summed E-state index contributed by atoms with van der Waals surface area (Å²) in [5.74, 6) is -1.47. The lowest BCUT2D eigenvalue weighted by atomic mass is 10.1. The van der Waals surface area contributed by atoms with Crippen molar-refractivity contribution in [3.63, 3.8) is 0 Å². The van der Waals surface area contributed by atoms with Crippen LogP contribution in [-0.2, 0) is 19.2 Å². The molecular weight excluding hydrogens is 276 g/mol. The Balaban J connectivity index is 1.98. The quantitative estimate of drug-likeness (QED) is 0.501. The molecule has 0 heterocycles. The Bertz CT molecular complexity index is 443. The molecule has 0 bridgehead atoms. The molecule has 7 nitrogen and oxygen atoms in total. The van der Waals surface area contributed by atoms with E-state index < -0.39 is 24.3 Å². The van der Waals surface area contributed by atoms with Gasteiger partial charge in [0, 0.05) is 12.3 Å². The molecule has 2 amide bonds. The van der Waals surface area contributed by atoms with Gasteiger partial charge in [-0.05, 0) is 25.2 Å². The second-order valence-electron chi connectivity index (χ2n) is 5.80. The topological polar surface area (TPSA) is 104 Å². The Morgan fingerprint density at radius 1 is 1.24 bits per heavy atom. The minimum atomic E-state index is -1.19. The number of carbonyl (C=O) groups excluding carboxylic acids is 3. The van der Waals surface area contributed by atoms with E-state index in [0.717, 1.165) is 30.7 Å². The van der Waals surface area contributed by atoms with Gasteiger partial charge < -0.3 is 9.90 Å². The van der Waals surface area contributed by atoms with Gasteiger partial charge in [0.2, 0.25) is 11.8 Å². The molecule has 0 aromatic rings. The van der Waals surface area contributed by atoms with Gasteiger partial charge in [-0.1, -0.05) is 12.8 Å². The summed E-state index contributed by atoms with van der Waals surface area (Å²) in [6, 6.07) is -1.16. The minimum Gasteiger partial charge on any atom is -0.481 e. The molecule has 2 saturated carbocycles. The van der Waals surface area contributed by atoms with Crippen molar-refractivity contribution in [3.8, 4) is 0 Å². The third-order valence-electron chi connectivity index (χ3n) is 3.78. The van der Waals surface area contributed by atoms with Crippen LogP contribution in [0.4, 0.5) is 0 Å². The third kappa shape index (κ3) is 4.84. The van der Waals surface area contributed by atoms with Crippen LogP contribution in [0.25, 0.3) is 0 Å². The Morgan fingerprint density at radius 3 is 2.38 bits per heavy atom. The number of carboxylic acid groups (broad SMARTS) is 1. The van der Waals surface area contributed by atoms with Crippen LogP contribution in [0.2, 0.25) is 0 Å². The molecule has 0 unspecified atom stereocenters. The first-order valence-electron chi connectivity index (χ1n) is 7.31. The van der Waals surface area contributed by atoms with Crippen molar-refractivity contribution in [1.29, 1.82) is 0 Å². The largest absolute Gasteiger partial charge is 0.481 e. The van der Waals surface area contributed by atoms with Gasteiger partial charge >= 0.3 is 5.97 Å². The zero-order valence-corrected chi connectivity index (χ0v) is 11.8. The average molecular weight is 296 g/mol. The molecule has 7 heteroatoms. The molecule has 0 spiro atoms. The highest BCUT2D eigenvalue weighted by Gasteiger charge is 2.34. The number of aldehydes is 1. The van der Waals surface area contributed by atoms with Crippen LogP contribution in [0.15, 0.2) is 0 Å². The minimum absolute atomic E-state index is 0.124. The maximum absolute atomic E-state index is 12.2. The highest BCUT2D eigenvalue weighted by Crippen LogP contribution is 2.33. The standard InChI is InChI=1S/C14H20N2O5/c17-8-11(7-13(19)20)16(15-14(21)10-4-5-10)12(18)6-3-9-1-2-9/h8-11H,1-7H2,(H,15,21)(H,19,20)/t11-/m0/s1. The Hall–Kier alpha value is -1.92. The molecule has 2 aliphatic rings. The fourth-order valence-corrected chi connectivity index (χ4v) is 2.12. The summed E-state index contributed by atoms with van der Waals surface area (Å²) in [6.45, 7) is 0. The van der Waals surface area contributed by atoms with Gasteiger partial charge in [0.25, 0.3) is 0 Å². The maximum atomic E-state index is 12.2. The lowest BCUT2D eigenvalue weighted by Crippen LogP contribution is -2.53. The van der Waals surface area contributed by atoms with E-state index in [4.69, 9.17) is 5.11 Å². The molecule has 0 saturated heterocycles. The van der Waals surface area contributed by atoms with Crippen LogP contribution in [0, 0.1) is 11.8 Å². The zero-order chi connectivity index (χ0) is 15.4. The second kappa shape index (κ2) is 6.69. The van der Waals surface area contributed by atoms with E-state index in [9.17, 15) is 19.2 Å². The first-order chi connectivity index (χ1) is 10.0. The van der Waals surface area contributed by atoms with Crippen LogP contribution in [-0.4, -0.2) is 40.2 Å². The summed E-state index contributed by atoms with van der Waals surface area (Å²) < 4.78 is 0. The highest BCUT2D eigenvalue weighted by atomic mass is 16.4. The van der Waals surface area contributed by atoms with E-state index in [1.165, 1.54) is 0 Å². The smallest absolute Gasteiger partial charge is 0.305 e. The van der Waals surface area contributed by atoms with E-state index in [1.54, 1.807) is 0 Å². The van der Waals surface area contributed by atoms with Crippen LogP contribution in [0.1, 0.15) is 44.9 Å².